The minimum atomic E-state index is -0.770. The quantitative estimate of drug-likeness (QED) is 0.310. The lowest BCUT2D eigenvalue weighted by Crippen LogP contribution is -2.40. The van der Waals surface area contributed by atoms with Crippen LogP contribution in [0, 0.1) is 0 Å². The number of hydrogen-bond donors (Lipinski definition) is 0. The molecule has 0 saturated heterocycles. The van der Waals surface area contributed by atoms with Gasteiger partial charge in [0.15, 0.2) is 27.8 Å². The summed E-state index contributed by atoms with van der Waals surface area (Å²) in [4.78, 5) is 32.3. The van der Waals surface area contributed by atoms with Gasteiger partial charge in [0.2, 0.25) is 0 Å². The molecule has 218 valence electrons. The molecule has 0 N–H and O–H groups in total. The molecule has 1 unspecified atom stereocenters. The van der Waals surface area contributed by atoms with E-state index in [4.69, 9.17) is 23.7 Å². The number of benzene rings is 2. The second-order valence-corrected chi connectivity index (χ2v) is 10.6. The molecule has 0 fully saturated rings. The Bertz CT molecular complexity index is 1630. The van der Waals surface area contributed by atoms with Crippen molar-refractivity contribution in [2.75, 3.05) is 27.4 Å². The van der Waals surface area contributed by atoms with Crippen LogP contribution in [0.4, 0.5) is 0 Å². The van der Waals surface area contributed by atoms with E-state index in [0.717, 1.165) is 12.0 Å². The van der Waals surface area contributed by atoms with Crippen LogP contribution < -0.4 is 33.8 Å². The maximum Gasteiger partial charge on any atom is 0.338 e. The Morgan fingerprint density at radius 3 is 2.41 bits per heavy atom. The first-order valence-corrected chi connectivity index (χ1v) is 14.4. The molecule has 0 amide bonds. The van der Waals surface area contributed by atoms with Crippen LogP contribution in [0.2, 0.25) is 0 Å². The standard InChI is InChI=1S/C31H36N2O7S/c1-8-14-39-22-12-10-20(15-24(22)36-6)16-26-29(34)33-28(21-11-13-23(40-18(3)4)25(17-21)37-7)27(30(35)38-9-2)19(5)32-31(33)41-26/h10-13,15-18,28H,8-9,14H2,1-7H3. The van der Waals surface area contributed by atoms with Gasteiger partial charge in [-0.05, 0) is 75.6 Å². The lowest BCUT2D eigenvalue weighted by Gasteiger charge is -2.25. The summed E-state index contributed by atoms with van der Waals surface area (Å²) in [6.45, 7) is 10.2. The molecule has 10 heteroatoms. The van der Waals surface area contributed by atoms with Crippen molar-refractivity contribution in [1.82, 2.24) is 4.57 Å². The zero-order chi connectivity index (χ0) is 29.7. The van der Waals surface area contributed by atoms with E-state index in [1.165, 1.54) is 11.3 Å². The van der Waals surface area contributed by atoms with Crippen molar-refractivity contribution in [2.45, 2.75) is 53.2 Å². The van der Waals surface area contributed by atoms with Gasteiger partial charge in [0, 0.05) is 0 Å². The average Bonchev–Trinajstić information content (AvgIpc) is 3.25. The number of allylic oxidation sites excluding steroid dienone is 1. The van der Waals surface area contributed by atoms with Gasteiger partial charge in [0.05, 0.1) is 55.4 Å². The summed E-state index contributed by atoms with van der Waals surface area (Å²) in [5.74, 6) is 1.75. The Hall–Kier alpha value is -4.05. The van der Waals surface area contributed by atoms with E-state index in [2.05, 4.69) is 4.99 Å². The number of hydrogen-bond acceptors (Lipinski definition) is 9. The fraction of sp³-hybridized carbons (Fsp3) is 0.387. The van der Waals surface area contributed by atoms with Crippen molar-refractivity contribution in [3.05, 3.63) is 78.5 Å². The number of aromatic nitrogens is 1. The van der Waals surface area contributed by atoms with Crippen LogP contribution in [0.15, 0.2) is 57.5 Å². The summed E-state index contributed by atoms with van der Waals surface area (Å²) in [5.41, 5.74) is 1.94. The van der Waals surface area contributed by atoms with Gasteiger partial charge in [-0.25, -0.2) is 9.79 Å². The summed E-state index contributed by atoms with van der Waals surface area (Å²) < 4.78 is 30.2. The van der Waals surface area contributed by atoms with E-state index in [0.29, 0.717) is 55.8 Å². The van der Waals surface area contributed by atoms with Crippen molar-refractivity contribution in [2.24, 2.45) is 4.99 Å². The van der Waals surface area contributed by atoms with E-state index in [1.807, 2.05) is 45.0 Å². The normalized spacial score (nSPS) is 14.9. The minimum absolute atomic E-state index is 0.0597. The van der Waals surface area contributed by atoms with Crippen LogP contribution in [-0.4, -0.2) is 44.1 Å². The monoisotopic (exact) mass is 580 g/mol. The number of carbonyl (C=O) groups is 1. The van der Waals surface area contributed by atoms with E-state index in [9.17, 15) is 9.59 Å². The molecule has 41 heavy (non-hydrogen) atoms. The molecule has 9 nitrogen and oxygen atoms in total. The van der Waals surface area contributed by atoms with Gasteiger partial charge in [0.1, 0.15) is 0 Å². The van der Waals surface area contributed by atoms with Gasteiger partial charge in [-0.15, -0.1) is 0 Å². The fourth-order valence-corrected chi connectivity index (χ4v) is 5.62. The number of fused-ring (bicyclic) bond motifs is 1. The molecular weight excluding hydrogens is 544 g/mol. The van der Waals surface area contributed by atoms with Gasteiger partial charge in [-0.2, -0.15) is 0 Å². The molecule has 4 rings (SSSR count). The molecule has 2 aromatic carbocycles. The molecule has 0 bridgehead atoms. The van der Waals surface area contributed by atoms with Gasteiger partial charge in [0.25, 0.3) is 5.56 Å². The van der Waals surface area contributed by atoms with Crippen LogP contribution in [0.3, 0.4) is 0 Å². The number of methoxy groups -OCH3 is 2. The SMILES string of the molecule is CCCOc1ccc(C=c2sc3n(c2=O)C(c2ccc(OC(C)C)c(OC)c2)C(C(=O)OCC)=C(C)N=3)cc1OC. The van der Waals surface area contributed by atoms with E-state index in [-0.39, 0.29) is 18.3 Å². The van der Waals surface area contributed by atoms with Gasteiger partial charge in [-0.3, -0.25) is 9.36 Å². The van der Waals surface area contributed by atoms with Gasteiger partial charge < -0.3 is 23.7 Å². The Balaban J connectivity index is 1.89. The Morgan fingerprint density at radius 2 is 1.76 bits per heavy atom. The lowest BCUT2D eigenvalue weighted by atomic mass is 9.95. The summed E-state index contributed by atoms with van der Waals surface area (Å²) >= 11 is 1.25. The summed E-state index contributed by atoms with van der Waals surface area (Å²) in [6.07, 6.45) is 2.60. The van der Waals surface area contributed by atoms with Gasteiger partial charge >= 0.3 is 5.97 Å². The van der Waals surface area contributed by atoms with Crippen molar-refractivity contribution < 1.29 is 28.5 Å². The number of thiazole rings is 1. The zero-order valence-electron chi connectivity index (χ0n) is 24.5. The highest BCUT2D eigenvalue weighted by atomic mass is 32.1. The maximum absolute atomic E-state index is 14.0. The molecule has 0 aliphatic carbocycles. The molecule has 3 aromatic rings. The molecule has 1 aliphatic heterocycles. The van der Waals surface area contributed by atoms with Crippen LogP contribution in [0.25, 0.3) is 6.08 Å². The predicted molar refractivity (Wildman–Crippen MR) is 158 cm³/mol. The third kappa shape index (κ3) is 6.32. The molecule has 2 heterocycles. The number of esters is 1. The van der Waals surface area contributed by atoms with Gasteiger partial charge in [-0.1, -0.05) is 30.4 Å². The first-order chi connectivity index (χ1) is 19.7. The average molecular weight is 581 g/mol. The minimum Gasteiger partial charge on any atom is -0.493 e. The Morgan fingerprint density at radius 1 is 1.05 bits per heavy atom. The first kappa shape index (κ1) is 29.9. The largest absolute Gasteiger partial charge is 0.493 e. The maximum atomic E-state index is 14.0. The second kappa shape index (κ2) is 13.1. The van der Waals surface area contributed by atoms with Crippen molar-refractivity contribution in [3.63, 3.8) is 0 Å². The number of rotatable bonds is 11. The number of carbonyl (C=O) groups excluding carboxylic acids is 1. The molecule has 1 atom stereocenters. The Kier molecular flexibility index (Phi) is 9.54. The molecule has 1 aliphatic rings. The number of ether oxygens (including phenoxy) is 5. The summed E-state index contributed by atoms with van der Waals surface area (Å²) in [5, 5.41) is 0. The Labute approximate surface area is 243 Å². The molecule has 0 radical (unpaired) electrons. The first-order valence-electron chi connectivity index (χ1n) is 13.6. The van der Waals surface area contributed by atoms with Crippen LogP contribution in [-0.2, 0) is 9.53 Å². The van der Waals surface area contributed by atoms with Crippen LogP contribution >= 0.6 is 11.3 Å². The number of nitrogens with zero attached hydrogens (tertiary/aromatic N) is 2. The van der Waals surface area contributed by atoms with Crippen LogP contribution in [0.1, 0.15) is 58.2 Å². The highest BCUT2D eigenvalue weighted by molar-refractivity contribution is 7.07. The molecule has 0 saturated carbocycles. The highest BCUT2D eigenvalue weighted by Gasteiger charge is 2.34. The lowest BCUT2D eigenvalue weighted by molar-refractivity contribution is -0.139. The summed E-state index contributed by atoms with van der Waals surface area (Å²) in [7, 11) is 3.13. The molecule has 1 aromatic heterocycles. The van der Waals surface area contributed by atoms with Crippen molar-refractivity contribution in [1.29, 1.82) is 0 Å². The smallest absolute Gasteiger partial charge is 0.338 e. The highest BCUT2D eigenvalue weighted by Crippen LogP contribution is 2.36. The van der Waals surface area contributed by atoms with E-state index >= 15 is 0 Å². The topological polar surface area (TPSA) is 97.6 Å². The zero-order valence-corrected chi connectivity index (χ0v) is 25.3. The second-order valence-electron chi connectivity index (χ2n) is 9.64. The van der Waals surface area contributed by atoms with Crippen LogP contribution in [0.5, 0.6) is 23.0 Å². The third-order valence-corrected chi connectivity index (χ3v) is 7.31. The van der Waals surface area contributed by atoms with Crippen molar-refractivity contribution >= 4 is 23.4 Å². The fourth-order valence-electron chi connectivity index (χ4n) is 4.57. The molecule has 0 spiro atoms. The van der Waals surface area contributed by atoms with E-state index < -0.39 is 12.0 Å². The summed E-state index contributed by atoms with van der Waals surface area (Å²) in [6, 6.07) is 10.2. The van der Waals surface area contributed by atoms with E-state index in [1.54, 1.807) is 50.8 Å². The molecular formula is C31H36N2O7S. The third-order valence-electron chi connectivity index (χ3n) is 6.33. The predicted octanol–water partition coefficient (Wildman–Crippen LogP) is 4.39. The van der Waals surface area contributed by atoms with Crippen molar-refractivity contribution in [3.8, 4) is 23.0 Å².